The van der Waals surface area contributed by atoms with Crippen molar-refractivity contribution in [1.29, 1.82) is 0 Å². The predicted molar refractivity (Wildman–Crippen MR) is 171 cm³/mol. The molecule has 0 aliphatic carbocycles. The van der Waals surface area contributed by atoms with Gasteiger partial charge in [-0.15, -0.1) is 0 Å². The average Bonchev–Trinajstić information content (AvgIpc) is 3.37. The van der Waals surface area contributed by atoms with Gasteiger partial charge >= 0.3 is 12.1 Å². The predicted octanol–water partition coefficient (Wildman–Crippen LogP) is 4.18. The van der Waals surface area contributed by atoms with E-state index in [4.69, 9.17) is 14.6 Å². The number of likely N-dealkylation sites (tertiary alicyclic amines) is 2. The van der Waals surface area contributed by atoms with Crippen LogP contribution < -0.4 is 15.3 Å². The Hall–Kier alpha value is -4.76. The number of alkyl halides is 3. The first-order chi connectivity index (χ1) is 23.4. The minimum absolute atomic E-state index is 0.194. The number of nitrogens with one attached hydrogen (secondary N) is 1. The summed E-state index contributed by atoms with van der Waals surface area (Å²) < 4.78 is 37.6. The third-order valence-electron chi connectivity index (χ3n) is 10.0. The molecule has 12 nitrogen and oxygen atoms in total. The van der Waals surface area contributed by atoms with Gasteiger partial charge in [-0.05, 0) is 69.9 Å². The summed E-state index contributed by atoms with van der Waals surface area (Å²) in [5.41, 5.74) is 3.06. The molecule has 2 unspecified atom stereocenters. The van der Waals surface area contributed by atoms with E-state index < -0.39 is 41.1 Å². The van der Waals surface area contributed by atoms with Gasteiger partial charge in [0, 0.05) is 36.5 Å². The third kappa shape index (κ3) is 7.68. The fourth-order valence-corrected chi connectivity index (χ4v) is 6.91. The van der Waals surface area contributed by atoms with Gasteiger partial charge in [-0.25, -0.2) is 10.3 Å². The van der Waals surface area contributed by atoms with Crippen LogP contribution in [0.4, 0.5) is 18.0 Å². The summed E-state index contributed by atoms with van der Waals surface area (Å²) >= 11 is 0. The van der Waals surface area contributed by atoms with Crippen LogP contribution in [0, 0.1) is 5.92 Å². The second kappa shape index (κ2) is 14.6. The Morgan fingerprint density at radius 1 is 1.08 bits per heavy atom. The second-order valence-corrected chi connectivity index (χ2v) is 13.8. The number of aliphatic carboxylic acids is 1. The van der Waals surface area contributed by atoms with Gasteiger partial charge in [0.1, 0.15) is 18.4 Å². The Morgan fingerprint density at radius 2 is 1.68 bits per heavy atom. The Bertz CT molecular complexity index is 1710. The Morgan fingerprint density at radius 3 is 2.22 bits per heavy atom. The number of rotatable bonds is 7. The molecule has 3 N–H and O–H groups in total. The van der Waals surface area contributed by atoms with Crippen molar-refractivity contribution in [1.82, 2.24) is 15.4 Å². The van der Waals surface area contributed by atoms with Gasteiger partial charge in [0.05, 0.1) is 29.6 Å². The quantitative estimate of drug-likeness (QED) is 0.186. The zero-order valence-corrected chi connectivity index (χ0v) is 28.2. The number of para-hydroxylation sites is 1. The highest BCUT2D eigenvalue weighted by molar-refractivity contribution is 5.94. The summed E-state index contributed by atoms with van der Waals surface area (Å²) in [7, 11) is 0. The van der Waals surface area contributed by atoms with Crippen LogP contribution in [0.25, 0.3) is 10.9 Å². The molecule has 3 heterocycles. The summed E-state index contributed by atoms with van der Waals surface area (Å²) in [6, 6.07) is 16.4. The molecule has 5 rings (SSSR count). The lowest BCUT2D eigenvalue weighted by Crippen LogP contribution is -2.71. The number of carboxylic acids is 1. The first-order valence-corrected chi connectivity index (χ1v) is 16.1. The smallest absolute Gasteiger partial charge is 0.490 e. The van der Waals surface area contributed by atoms with Crippen LogP contribution in [0.5, 0.6) is 5.75 Å². The van der Waals surface area contributed by atoms with E-state index in [1.165, 1.54) is 0 Å². The number of hydroxylamine groups is 1. The maximum Gasteiger partial charge on any atom is 0.490 e. The summed E-state index contributed by atoms with van der Waals surface area (Å²) in [4.78, 5) is 54.0. The lowest BCUT2D eigenvalue weighted by atomic mass is 9.80. The molecule has 15 heteroatoms. The number of aromatic nitrogens is 1. The van der Waals surface area contributed by atoms with Crippen molar-refractivity contribution in [2.75, 3.05) is 19.6 Å². The molecule has 3 amide bonds. The van der Waals surface area contributed by atoms with Crippen molar-refractivity contribution in [3.8, 4) is 5.75 Å². The summed E-state index contributed by atoms with van der Waals surface area (Å²) in [6.07, 6.45) is -3.15. The van der Waals surface area contributed by atoms with Crippen LogP contribution in [0.3, 0.4) is 0 Å². The van der Waals surface area contributed by atoms with Crippen LogP contribution in [0.2, 0.25) is 0 Å². The van der Waals surface area contributed by atoms with Crippen LogP contribution >= 0.6 is 0 Å². The van der Waals surface area contributed by atoms with Gasteiger partial charge in [0.2, 0.25) is 5.91 Å². The molecule has 0 spiro atoms. The molecule has 2 aliphatic rings. The molecule has 3 aromatic rings. The van der Waals surface area contributed by atoms with E-state index in [1.807, 2.05) is 82.3 Å². The number of benzene rings is 2. The van der Waals surface area contributed by atoms with E-state index in [0.29, 0.717) is 38.2 Å². The minimum atomic E-state index is -5.08. The van der Waals surface area contributed by atoms with Crippen molar-refractivity contribution >= 4 is 34.8 Å². The Labute approximate surface area is 287 Å². The number of fused-ring (bicyclic) bond motifs is 1. The molecular formula is C35H41F3N4O8. The van der Waals surface area contributed by atoms with E-state index in [0.717, 1.165) is 22.0 Å². The Balaban J connectivity index is 0.000000727. The molecular weight excluding hydrogens is 661 g/mol. The first-order valence-electron chi connectivity index (χ1n) is 16.1. The number of amides is 3. The van der Waals surface area contributed by atoms with E-state index in [9.17, 15) is 37.9 Å². The molecule has 0 bridgehead atoms. The molecule has 0 radical (unpaired) electrons. The molecule has 50 heavy (non-hydrogen) atoms. The van der Waals surface area contributed by atoms with Gasteiger partial charge < -0.3 is 24.6 Å². The largest absolute Gasteiger partial charge is 0.498 e. The minimum Gasteiger partial charge on any atom is -0.498 e. The number of hydrogen-bond donors (Lipinski definition) is 3. The highest BCUT2D eigenvalue weighted by Crippen LogP contribution is 2.41. The topological polar surface area (TPSA) is 169 Å². The number of ether oxygens (including phenoxy) is 1. The van der Waals surface area contributed by atoms with Gasteiger partial charge in [-0.1, -0.05) is 30.3 Å². The van der Waals surface area contributed by atoms with E-state index in [-0.39, 0.29) is 29.4 Å². The van der Waals surface area contributed by atoms with E-state index in [2.05, 4.69) is 4.98 Å². The standard InChI is InChI=1S/C33H40N4O6.C2HF3O2/c1-32(2,3)37(31(40)41)19-14-22(15-20-37)28(29(38)35-42)36-18-16-33(4,30(36)39)24-9-11-25(12-10-24)43-21-23-13-17-34-27-8-6-5-7-26(23)27;3-2(4,5)1(6)7/h5-13,17,22,28H,14-16,18-21H2,1-4H3,(H2-,35,38,40,41,42);(H,6,7). The molecule has 2 saturated heterocycles. The van der Waals surface area contributed by atoms with Gasteiger partial charge in [-0.2, -0.15) is 13.2 Å². The summed E-state index contributed by atoms with van der Waals surface area (Å²) in [5, 5.41) is 30.0. The molecule has 270 valence electrons. The van der Waals surface area contributed by atoms with Crippen molar-refractivity contribution in [3.05, 3.63) is 71.9 Å². The van der Waals surface area contributed by atoms with Crippen molar-refractivity contribution < 1.29 is 57.0 Å². The molecule has 2 aliphatic heterocycles. The fraction of sp³-hybridized carbons (Fsp3) is 0.457. The zero-order valence-electron chi connectivity index (χ0n) is 28.2. The molecule has 2 aromatic carbocycles. The van der Waals surface area contributed by atoms with Crippen LogP contribution in [0.15, 0.2) is 60.8 Å². The van der Waals surface area contributed by atoms with Gasteiger partial charge in [-0.3, -0.25) is 24.3 Å². The number of carbonyl (C=O) groups excluding carboxylic acids is 3. The normalized spacial score (nSPS) is 23.1. The number of pyridine rings is 1. The monoisotopic (exact) mass is 702 g/mol. The third-order valence-corrected chi connectivity index (χ3v) is 10.0. The highest BCUT2D eigenvalue weighted by atomic mass is 19.4. The Kier molecular flexibility index (Phi) is 11.1. The number of carboxylic acid groups (broad SMARTS) is 2. The van der Waals surface area contributed by atoms with Crippen molar-refractivity contribution in [2.45, 2.75) is 76.7 Å². The lowest BCUT2D eigenvalue weighted by Gasteiger charge is -2.52. The summed E-state index contributed by atoms with van der Waals surface area (Å²) in [6.45, 7) is 8.76. The van der Waals surface area contributed by atoms with E-state index >= 15 is 0 Å². The fourth-order valence-electron chi connectivity index (χ4n) is 6.91. The maximum absolute atomic E-state index is 14.0. The van der Waals surface area contributed by atoms with Crippen molar-refractivity contribution in [3.63, 3.8) is 0 Å². The SMILES string of the molecule is CC1(c2ccc(OCc3ccnc4ccccc34)cc2)CCN(C(C(=O)NO)C2CC[N+](C(=O)[O-])(C(C)(C)C)CC2)C1=O.O=C(O)C(F)(F)F. The first kappa shape index (κ1) is 38.0. The highest BCUT2D eigenvalue weighted by Gasteiger charge is 2.53. The van der Waals surface area contributed by atoms with Crippen LogP contribution in [0.1, 0.15) is 58.1 Å². The number of halogens is 3. The van der Waals surface area contributed by atoms with Crippen LogP contribution in [-0.2, 0) is 26.4 Å². The lowest BCUT2D eigenvalue weighted by molar-refractivity contribution is -0.924. The number of quaternary nitrogens is 1. The maximum atomic E-state index is 14.0. The van der Waals surface area contributed by atoms with Crippen molar-refractivity contribution in [2.24, 2.45) is 5.92 Å². The zero-order chi connectivity index (χ0) is 37.1. The molecule has 2 atom stereocenters. The number of nitrogens with zero attached hydrogens (tertiary/aromatic N) is 3. The molecule has 2 fully saturated rings. The van der Waals surface area contributed by atoms with Crippen LogP contribution in [-0.4, -0.2) is 85.9 Å². The summed E-state index contributed by atoms with van der Waals surface area (Å²) in [5.74, 6) is -3.23. The number of piperidine rings is 1. The van der Waals surface area contributed by atoms with Gasteiger partial charge in [0.25, 0.3) is 12.0 Å². The van der Waals surface area contributed by atoms with Gasteiger partial charge in [0.15, 0.2) is 0 Å². The average molecular weight is 703 g/mol. The number of hydrogen-bond acceptors (Lipinski definition) is 8. The van der Waals surface area contributed by atoms with E-state index in [1.54, 1.807) is 16.6 Å². The second-order valence-electron chi connectivity index (χ2n) is 13.8. The number of carbonyl (C=O) groups is 4. The molecule has 0 saturated carbocycles. The molecule has 1 aromatic heterocycles.